The molecule has 0 aliphatic carbocycles. The first-order valence-electron chi connectivity index (χ1n) is 17.8. The summed E-state index contributed by atoms with van der Waals surface area (Å²) >= 11 is 0. The van der Waals surface area contributed by atoms with Crippen molar-refractivity contribution in [1.82, 2.24) is 0 Å². The van der Waals surface area contributed by atoms with Crippen LogP contribution in [0.1, 0.15) is 196 Å². The van der Waals surface area contributed by atoms with Crippen LogP contribution >= 0.6 is 0 Å². The van der Waals surface area contributed by atoms with Gasteiger partial charge < -0.3 is 29.7 Å². The van der Waals surface area contributed by atoms with Crippen molar-refractivity contribution in [2.24, 2.45) is 17.8 Å². The predicted molar refractivity (Wildman–Crippen MR) is 176 cm³/mol. The number of aliphatic carboxylic acids is 3. The molecule has 0 aliphatic heterocycles. The maximum absolute atomic E-state index is 10.8. The number of hydrogen-bond acceptors (Lipinski definition) is 6. The third-order valence-electron chi connectivity index (χ3n) is 7.94. The molecule has 0 saturated heterocycles. The molecule has 2 radical (unpaired) electrons. The summed E-state index contributed by atoms with van der Waals surface area (Å²) in [5.41, 5.74) is 0. The normalized spacial score (nSPS) is 12.4. The minimum Gasteiger partial charge on any atom is -0.550 e. The first-order chi connectivity index (χ1) is 20.2. The summed E-state index contributed by atoms with van der Waals surface area (Å²) in [6.45, 7) is 12.7. The molecule has 7 heteroatoms. The average molecular weight is 807 g/mol. The van der Waals surface area contributed by atoms with Gasteiger partial charge in [0.15, 0.2) is 0 Å². The van der Waals surface area contributed by atoms with Crippen LogP contribution in [-0.4, -0.2) is 44.1 Å². The Labute approximate surface area is 286 Å². The van der Waals surface area contributed by atoms with Crippen molar-refractivity contribution in [2.75, 3.05) is 0 Å². The second-order valence-corrected chi connectivity index (χ2v) is 12.0. The molecule has 0 heterocycles. The van der Waals surface area contributed by atoms with Gasteiger partial charge in [0.1, 0.15) is 0 Å². The Hall–Kier alpha value is -0.707. The van der Waals surface area contributed by atoms with Crippen LogP contribution in [0.25, 0.3) is 0 Å². The summed E-state index contributed by atoms with van der Waals surface area (Å²) in [5, 5.41) is 32.3. The minimum atomic E-state index is -0.852. The molecule has 254 valence electrons. The first kappa shape index (κ1) is 49.2. The van der Waals surface area contributed by atoms with Gasteiger partial charge in [-0.25, -0.2) is 0 Å². The second kappa shape index (κ2) is 39.3. The van der Waals surface area contributed by atoms with Crippen LogP contribution in [-0.2, 0) is 14.4 Å². The Kier molecular flexibility index (Phi) is 45.0. The van der Waals surface area contributed by atoms with E-state index in [1.54, 1.807) is 0 Å². The van der Waals surface area contributed by atoms with Crippen LogP contribution < -0.4 is 15.3 Å². The number of carboxylic acid groups (broad SMARTS) is 3. The van der Waals surface area contributed by atoms with Crippen molar-refractivity contribution in [3.8, 4) is 0 Å². The van der Waals surface area contributed by atoms with Gasteiger partial charge in [-0.15, -0.1) is 0 Å². The first-order valence-corrected chi connectivity index (χ1v) is 17.8. The van der Waals surface area contributed by atoms with Crippen LogP contribution in [0.15, 0.2) is 0 Å². The van der Waals surface area contributed by atoms with Gasteiger partial charge in [0.2, 0.25) is 0 Å². The van der Waals surface area contributed by atoms with E-state index in [1.165, 1.54) is 38.5 Å². The molecule has 3 atom stereocenters. The molecule has 0 spiro atoms. The molecule has 0 rings (SSSR count). The van der Waals surface area contributed by atoms with E-state index in [2.05, 4.69) is 41.5 Å². The molecule has 0 aliphatic rings. The summed E-state index contributed by atoms with van der Waals surface area (Å²) < 4.78 is 0. The molecular formula is C36H69BiO6. The molecule has 0 aromatic heterocycles. The van der Waals surface area contributed by atoms with Gasteiger partial charge in [-0.1, -0.05) is 157 Å². The largest absolute Gasteiger partial charge is 3.00 e. The number of unbranched alkanes of at least 4 members (excludes halogenated alkanes) is 12. The van der Waals surface area contributed by atoms with Crippen molar-refractivity contribution >= 4 is 44.1 Å². The Morgan fingerprint density at radius 2 is 0.535 bits per heavy atom. The van der Waals surface area contributed by atoms with Crippen LogP contribution in [0.3, 0.4) is 0 Å². The molecule has 3 unspecified atom stereocenters. The molecule has 0 aromatic carbocycles. The predicted octanol–water partition coefficient (Wildman–Crippen LogP) is 7.16. The molecule has 0 amide bonds. The molecule has 0 saturated carbocycles. The zero-order valence-corrected chi connectivity index (χ0v) is 32.6. The summed E-state index contributed by atoms with van der Waals surface area (Å²) in [6, 6.07) is 0. The third kappa shape index (κ3) is 37.4. The quantitative estimate of drug-likeness (QED) is 0.0643. The van der Waals surface area contributed by atoms with Gasteiger partial charge in [-0.3, -0.25) is 0 Å². The van der Waals surface area contributed by atoms with Crippen LogP contribution in [0.4, 0.5) is 0 Å². The van der Waals surface area contributed by atoms with Crippen molar-refractivity contribution in [1.29, 1.82) is 0 Å². The molecule has 0 aromatic rings. The molecule has 0 bridgehead atoms. The third-order valence-corrected chi connectivity index (χ3v) is 7.94. The van der Waals surface area contributed by atoms with E-state index < -0.39 is 17.9 Å². The summed E-state index contributed by atoms with van der Waals surface area (Å²) in [5.74, 6) is -3.16. The second-order valence-electron chi connectivity index (χ2n) is 12.0. The molecule has 6 nitrogen and oxygen atoms in total. The van der Waals surface area contributed by atoms with Crippen molar-refractivity contribution in [3.05, 3.63) is 0 Å². The monoisotopic (exact) mass is 806 g/mol. The van der Waals surface area contributed by atoms with Crippen molar-refractivity contribution in [2.45, 2.75) is 196 Å². The van der Waals surface area contributed by atoms with E-state index in [0.29, 0.717) is 0 Å². The van der Waals surface area contributed by atoms with Crippen molar-refractivity contribution < 1.29 is 29.7 Å². The zero-order chi connectivity index (χ0) is 32.4. The molecule has 0 N–H and O–H groups in total. The summed E-state index contributed by atoms with van der Waals surface area (Å²) in [6.07, 6.45) is 24.9. The number of carbonyl (C=O) groups excluding carboxylic acids is 3. The van der Waals surface area contributed by atoms with Crippen LogP contribution in [0, 0.1) is 17.8 Å². The molecule has 43 heavy (non-hydrogen) atoms. The topological polar surface area (TPSA) is 120 Å². The number of rotatable bonds is 27. The fourth-order valence-electron chi connectivity index (χ4n) is 4.94. The zero-order valence-electron chi connectivity index (χ0n) is 29.1. The van der Waals surface area contributed by atoms with Gasteiger partial charge in [-0.05, 0) is 56.3 Å². The van der Waals surface area contributed by atoms with Crippen LogP contribution in [0.5, 0.6) is 0 Å². The van der Waals surface area contributed by atoms with E-state index in [-0.39, 0.29) is 44.0 Å². The Morgan fingerprint density at radius 3 is 0.698 bits per heavy atom. The average Bonchev–Trinajstić information content (AvgIpc) is 2.96. The number of carbonyl (C=O) groups is 3. The number of hydrogen-bond donors (Lipinski definition) is 0. The van der Waals surface area contributed by atoms with E-state index in [0.717, 1.165) is 116 Å². The molecular weight excluding hydrogens is 737 g/mol. The standard InChI is InChI=1S/3C12H24O2.Bi/c3*1-3-5-7-8-10-11(12(13)14)9-6-4-2;/h3*11H,3-10H2,1-2H3,(H,13,14);/q;;;+3/p-3. The number of carboxylic acids is 3. The van der Waals surface area contributed by atoms with Gasteiger partial charge in [0, 0.05) is 17.9 Å². The Balaban J connectivity index is -0.000000262. The van der Waals surface area contributed by atoms with Gasteiger partial charge in [0.25, 0.3) is 0 Å². The van der Waals surface area contributed by atoms with E-state index in [1.807, 2.05) is 0 Å². The summed E-state index contributed by atoms with van der Waals surface area (Å²) in [7, 11) is 0. The van der Waals surface area contributed by atoms with E-state index >= 15 is 0 Å². The van der Waals surface area contributed by atoms with Gasteiger partial charge in [0.05, 0.1) is 0 Å². The smallest absolute Gasteiger partial charge is 0.550 e. The SMILES string of the molecule is CCCCCCC(CCCC)C(=O)[O-].CCCCCCC(CCCC)C(=O)[O-].CCCCCCC(CCCC)C(=O)[O-].[Bi+3]. The Bertz CT molecular complexity index is 517. The van der Waals surface area contributed by atoms with Crippen molar-refractivity contribution in [3.63, 3.8) is 0 Å². The summed E-state index contributed by atoms with van der Waals surface area (Å²) in [4.78, 5) is 32.3. The fraction of sp³-hybridized carbons (Fsp3) is 0.917. The van der Waals surface area contributed by atoms with Crippen LogP contribution in [0.2, 0.25) is 0 Å². The Morgan fingerprint density at radius 1 is 0.349 bits per heavy atom. The van der Waals surface area contributed by atoms with E-state index in [9.17, 15) is 29.7 Å². The maximum Gasteiger partial charge on any atom is 3.00 e. The van der Waals surface area contributed by atoms with Gasteiger partial charge in [-0.2, -0.15) is 0 Å². The fourth-order valence-corrected chi connectivity index (χ4v) is 4.94. The van der Waals surface area contributed by atoms with E-state index in [4.69, 9.17) is 0 Å². The minimum absolute atomic E-state index is 0. The maximum atomic E-state index is 10.8. The molecule has 0 fully saturated rings. The van der Waals surface area contributed by atoms with Gasteiger partial charge >= 0.3 is 26.2 Å².